The number of hydrogen-bond donors (Lipinski definition) is 0. The maximum atomic E-state index is 11.2. The largest absolute Gasteiger partial charge is 0.428 e. The van der Waals surface area contributed by atoms with E-state index in [4.69, 9.17) is 9.47 Å². The summed E-state index contributed by atoms with van der Waals surface area (Å²) in [6.07, 6.45) is 13.3. The first-order chi connectivity index (χ1) is 12.0. The quantitative estimate of drug-likeness (QED) is 0.233. The number of ether oxygens (including phenoxy) is 2. The van der Waals surface area contributed by atoms with Crippen LogP contribution in [0.15, 0.2) is 46.6 Å². The zero-order chi connectivity index (χ0) is 18.7. The number of methoxy groups -OCH3 is 1. The van der Waals surface area contributed by atoms with Crippen molar-refractivity contribution in [3.05, 3.63) is 46.6 Å². The van der Waals surface area contributed by atoms with Gasteiger partial charge in [0.05, 0.1) is 0 Å². The van der Waals surface area contributed by atoms with Crippen LogP contribution in [0.25, 0.3) is 0 Å². The Labute approximate surface area is 151 Å². The van der Waals surface area contributed by atoms with Crippen molar-refractivity contribution < 1.29 is 19.1 Å². The van der Waals surface area contributed by atoms with Gasteiger partial charge in [-0.3, -0.25) is 4.79 Å². The van der Waals surface area contributed by atoms with Crippen LogP contribution in [-0.2, 0) is 19.1 Å². The lowest BCUT2D eigenvalue weighted by molar-refractivity contribution is -0.155. The van der Waals surface area contributed by atoms with Crippen LogP contribution in [0.5, 0.6) is 0 Å². The van der Waals surface area contributed by atoms with Crippen LogP contribution in [0.3, 0.4) is 0 Å². The Morgan fingerprint density at radius 3 is 2.48 bits per heavy atom. The van der Waals surface area contributed by atoms with Gasteiger partial charge in [-0.15, -0.1) is 0 Å². The van der Waals surface area contributed by atoms with Gasteiger partial charge in [-0.25, -0.2) is 4.79 Å². The van der Waals surface area contributed by atoms with E-state index < -0.39 is 6.29 Å². The number of aldehydes is 1. The van der Waals surface area contributed by atoms with Crippen molar-refractivity contribution in [2.75, 3.05) is 7.11 Å². The normalized spacial score (nSPS) is 18.0. The van der Waals surface area contributed by atoms with Crippen LogP contribution < -0.4 is 0 Å². The van der Waals surface area contributed by atoms with E-state index in [1.807, 2.05) is 6.08 Å². The Kier molecular flexibility index (Phi) is 9.78. The molecule has 0 fully saturated rings. The van der Waals surface area contributed by atoms with Crippen LogP contribution in [0, 0.1) is 0 Å². The molecule has 1 heterocycles. The van der Waals surface area contributed by atoms with Crippen molar-refractivity contribution in [1.82, 2.24) is 0 Å². The summed E-state index contributed by atoms with van der Waals surface area (Å²) in [5, 5.41) is 0. The molecule has 0 aromatic rings. The molecule has 4 nitrogen and oxygen atoms in total. The highest BCUT2D eigenvalue weighted by Crippen LogP contribution is 2.21. The molecule has 0 spiro atoms. The topological polar surface area (TPSA) is 52.6 Å². The maximum Gasteiger partial charge on any atom is 0.333 e. The molecule has 0 aromatic heterocycles. The van der Waals surface area contributed by atoms with Crippen molar-refractivity contribution in [3.8, 4) is 0 Å². The molecular weight excluding hydrogens is 316 g/mol. The molecule has 138 valence electrons. The molecular formula is C21H30O4. The van der Waals surface area contributed by atoms with Crippen LogP contribution in [0.4, 0.5) is 0 Å². The van der Waals surface area contributed by atoms with Crippen LogP contribution in [0.1, 0.15) is 59.3 Å². The zero-order valence-corrected chi connectivity index (χ0v) is 15.8. The molecule has 0 saturated carbocycles. The van der Waals surface area contributed by atoms with Crippen molar-refractivity contribution in [3.63, 3.8) is 0 Å². The number of allylic oxidation sites excluding steroid dienone is 6. The van der Waals surface area contributed by atoms with Crippen LogP contribution >= 0.6 is 0 Å². The van der Waals surface area contributed by atoms with E-state index in [-0.39, 0.29) is 5.97 Å². The highest BCUT2D eigenvalue weighted by molar-refractivity contribution is 5.85. The summed E-state index contributed by atoms with van der Waals surface area (Å²) < 4.78 is 10.1. The summed E-state index contributed by atoms with van der Waals surface area (Å²) in [5.74, 6) is -0.366. The van der Waals surface area contributed by atoms with E-state index in [0.717, 1.165) is 43.1 Å². The maximum absolute atomic E-state index is 11.2. The fourth-order valence-electron chi connectivity index (χ4n) is 2.63. The minimum absolute atomic E-state index is 0.366. The van der Waals surface area contributed by atoms with Crippen molar-refractivity contribution >= 4 is 12.3 Å². The average Bonchev–Trinajstić information content (AvgIpc) is 2.92. The predicted molar refractivity (Wildman–Crippen MR) is 100 cm³/mol. The number of carbonyl (C=O) groups excluding carboxylic acids is 2. The first-order valence-electron chi connectivity index (χ1n) is 8.83. The summed E-state index contributed by atoms with van der Waals surface area (Å²) in [6.45, 7) is 6.36. The van der Waals surface area contributed by atoms with Gasteiger partial charge >= 0.3 is 5.97 Å². The Hall–Kier alpha value is -1.94. The van der Waals surface area contributed by atoms with E-state index in [0.29, 0.717) is 12.8 Å². The van der Waals surface area contributed by atoms with E-state index in [1.165, 1.54) is 24.3 Å². The summed E-state index contributed by atoms with van der Waals surface area (Å²) in [6, 6.07) is 0. The SMILES string of the molecule is COC1OC(=O)C=C1CC/C=C(\C=O)CC/C=C(\C)CCC=C(C)C. The van der Waals surface area contributed by atoms with Gasteiger partial charge in [0.1, 0.15) is 6.29 Å². The van der Waals surface area contributed by atoms with Gasteiger partial charge in [0.2, 0.25) is 6.29 Å². The lowest BCUT2D eigenvalue weighted by atomic mass is 10.0. The zero-order valence-electron chi connectivity index (χ0n) is 15.8. The van der Waals surface area contributed by atoms with E-state index in [2.05, 4.69) is 32.9 Å². The van der Waals surface area contributed by atoms with Gasteiger partial charge < -0.3 is 9.47 Å². The molecule has 0 saturated heterocycles. The predicted octanol–water partition coefficient (Wildman–Crippen LogP) is 4.82. The molecule has 1 rings (SSSR count). The molecule has 0 aliphatic carbocycles. The van der Waals surface area contributed by atoms with Gasteiger partial charge in [-0.1, -0.05) is 29.4 Å². The fraction of sp³-hybridized carbons (Fsp3) is 0.524. The lowest BCUT2D eigenvalue weighted by Gasteiger charge is -2.11. The lowest BCUT2D eigenvalue weighted by Crippen LogP contribution is -2.13. The average molecular weight is 346 g/mol. The standard InChI is InChI=1S/C21H30O4/c1-16(2)8-5-9-17(3)10-6-11-18(15-22)12-7-13-19-14-20(23)25-21(19)24-4/h8,10,12,14-15,21H,5-7,9,11,13H2,1-4H3/b17-10+,18-12-. The van der Waals surface area contributed by atoms with Crippen molar-refractivity contribution in [2.45, 2.75) is 65.6 Å². The first kappa shape index (κ1) is 21.1. The molecule has 25 heavy (non-hydrogen) atoms. The van der Waals surface area contributed by atoms with Crippen molar-refractivity contribution in [2.24, 2.45) is 0 Å². The summed E-state index contributed by atoms with van der Waals surface area (Å²) in [5.41, 5.74) is 4.33. The Morgan fingerprint density at radius 2 is 1.84 bits per heavy atom. The smallest absolute Gasteiger partial charge is 0.333 e. The van der Waals surface area contributed by atoms with Gasteiger partial charge in [0.25, 0.3) is 0 Å². The summed E-state index contributed by atoms with van der Waals surface area (Å²) in [7, 11) is 1.51. The fourth-order valence-corrected chi connectivity index (χ4v) is 2.63. The molecule has 1 atom stereocenters. The summed E-state index contributed by atoms with van der Waals surface area (Å²) >= 11 is 0. The van der Waals surface area contributed by atoms with Gasteiger partial charge in [0, 0.05) is 18.8 Å². The minimum Gasteiger partial charge on any atom is -0.428 e. The molecule has 0 N–H and O–H groups in total. The third kappa shape index (κ3) is 8.64. The van der Waals surface area contributed by atoms with Gasteiger partial charge in [-0.2, -0.15) is 0 Å². The van der Waals surface area contributed by atoms with Crippen LogP contribution in [-0.4, -0.2) is 25.7 Å². The number of cyclic esters (lactones) is 1. The van der Waals surface area contributed by atoms with E-state index in [1.54, 1.807) is 0 Å². The second kappa shape index (κ2) is 11.6. The molecule has 1 aliphatic rings. The van der Waals surface area contributed by atoms with Crippen LogP contribution in [0.2, 0.25) is 0 Å². The number of esters is 1. The number of carbonyl (C=O) groups is 2. The van der Waals surface area contributed by atoms with E-state index in [9.17, 15) is 9.59 Å². The molecule has 1 unspecified atom stereocenters. The molecule has 1 aliphatic heterocycles. The Bertz CT molecular complexity index is 575. The highest BCUT2D eigenvalue weighted by atomic mass is 16.7. The Morgan fingerprint density at radius 1 is 1.12 bits per heavy atom. The molecule has 0 bridgehead atoms. The Balaban J connectivity index is 2.39. The molecule has 4 heteroatoms. The van der Waals surface area contributed by atoms with Crippen molar-refractivity contribution in [1.29, 1.82) is 0 Å². The number of hydrogen-bond acceptors (Lipinski definition) is 4. The minimum atomic E-state index is -0.577. The second-order valence-electron chi connectivity index (χ2n) is 6.57. The van der Waals surface area contributed by atoms with Gasteiger partial charge in [-0.05, 0) is 64.9 Å². The molecule has 0 amide bonds. The van der Waals surface area contributed by atoms with E-state index >= 15 is 0 Å². The molecule has 0 aromatic carbocycles. The first-order valence-corrected chi connectivity index (χ1v) is 8.83. The number of rotatable bonds is 11. The second-order valence-corrected chi connectivity index (χ2v) is 6.57. The third-order valence-electron chi connectivity index (χ3n) is 4.05. The van der Waals surface area contributed by atoms with Gasteiger partial charge in [0.15, 0.2) is 0 Å². The third-order valence-corrected chi connectivity index (χ3v) is 4.05. The summed E-state index contributed by atoms with van der Waals surface area (Å²) in [4.78, 5) is 22.4. The highest BCUT2D eigenvalue weighted by Gasteiger charge is 2.24. The monoisotopic (exact) mass is 346 g/mol. The molecule has 0 radical (unpaired) electrons.